The number of carbonyl (C=O) groups excluding carboxylic acids is 1. The van der Waals surface area contributed by atoms with Gasteiger partial charge in [-0.25, -0.2) is 4.39 Å². The summed E-state index contributed by atoms with van der Waals surface area (Å²) in [5.74, 6) is -1.45. The number of nitrogens with two attached hydrogens (primary N) is 1. The summed E-state index contributed by atoms with van der Waals surface area (Å²) in [7, 11) is 0. The summed E-state index contributed by atoms with van der Waals surface area (Å²) in [5, 5.41) is 4.09. The number of amides is 1. The molecule has 1 aromatic carbocycles. The predicted octanol–water partition coefficient (Wildman–Crippen LogP) is 1.97. The van der Waals surface area contributed by atoms with Crippen molar-refractivity contribution in [2.75, 3.05) is 0 Å². The van der Waals surface area contributed by atoms with Gasteiger partial charge < -0.3 is 5.73 Å². The molecule has 0 saturated heterocycles. The Morgan fingerprint density at radius 2 is 2.00 bits per heavy atom. The van der Waals surface area contributed by atoms with Gasteiger partial charge in [0.05, 0.1) is 11.2 Å². The molecule has 1 heterocycles. The van der Waals surface area contributed by atoms with Crippen LogP contribution in [-0.2, 0) is 5.54 Å². The van der Waals surface area contributed by atoms with E-state index < -0.39 is 11.7 Å². The Morgan fingerprint density at radius 3 is 2.47 bits per heavy atom. The van der Waals surface area contributed by atoms with Gasteiger partial charge in [0, 0.05) is 0 Å². The van der Waals surface area contributed by atoms with Crippen LogP contribution in [0.25, 0.3) is 0 Å². The van der Waals surface area contributed by atoms with Crippen molar-refractivity contribution in [2.24, 2.45) is 5.73 Å². The number of rotatable bonds is 3. The van der Waals surface area contributed by atoms with Crippen LogP contribution in [0.15, 0.2) is 30.3 Å². The molecule has 1 aliphatic carbocycles. The van der Waals surface area contributed by atoms with Crippen molar-refractivity contribution in [3.63, 3.8) is 0 Å². The minimum atomic E-state index is -0.830. The molecule has 0 spiro atoms. The van der Waals surface area contributed by atoms with Crippen LogP contribution in [0.1, 0.15) is 34.6 Å². The van der Waals surface area contributed by atoms with E-state index in [9.17, 15) is 9.18 Å². The predicted molar refractivity (Wildman–Crippen MR) is 68.2 cm³/mol. The Balaban J connectivity index is 2.13. The normalized spacial score (nSPS) is 16.3. The van der Waals surface area contributed by atoms with Crippen LogP contribution in [-0.4, -0.2) is 15.7 Å². The molecule has 2 N–H and O–H groups in total. The van der Waals surface area contributed by atoms with E-state index in [-0.39, 0.29) is 11.2 Å². The molecule has 1 amide bonds. The van der Waals surface area contributed by atoms with Crippen LogP contribution in [0, 0.1) is 12.7 Å². The number of primary amides is 1. The first kappa shape index (κ1) is 11.9. The Kier molecular flexibility index (Phi) is 2.45. The SMILES string of the molecule is Cc1c(F)c(C(N)=O)nn1C1(c2ccccc2)CC1. The highest BCUT2D eigenvalue weighted by atomic mass is 19.1. The van der Waals surface area contributed by atoms with Gasteiger partial charge in [-0.3, -0.25) is 9.48 Å². The Morgan fingerprint density at radius 1 is 1.37 bits per heavy atom. The lowest BCUT2D eigenvalue weighted by molar-refractivity contribution is 0.0991. The number of hydrogen-bond acceptors (Lipinski definition) is 2. The lowest BCUT2D eigenvalue weighted by Gasteiger charge is -2.18. The molecular formula is C14H14FN3O. The van der Waals surface area contributed by atoms with Crippen molar-refractivity contribution < 1.29 is 9.18 Å². The van der Waals surface area contributed by atoms with Gasteiger partial charge in [-0.1, -0.05) is 30.3 Å². The van der Waals surface area contributed by atoms with Gasteiger partial charge in [-0.15, -0.1) is 0 Å². The molecule has 0 aliphatic heterocycles. The van der Waals surface area contributed by atoms with Crippen molar-refractivity contribution in [1.29, 1.82) is 0 Å². The molecule has 5 heteroatoms. The Hall–Kier alpha value is -2.17. The summed E-state index contributed by atoms with van der Waals surface area (Å²) in [5.41, 5.74) is 5.98. The van der Waals surface area contributed by atoms with E-state index in [1.807, 2.05) is 30.3 Å². The number of benzene rings is 1. The van der Waals surface area contributed by atoms with Gasteiger partial charge in [-0.05, 0) is 25.3 Å². The summed E-state index contributed by atoms with van der Waals surface area (Å²) in [6.07, 6.45) is 1.77. The zero-order valence-corrected chi connectivity index (χ0v) is 10.6. The average Bonchev–Trinajstić information content (AvgIpc) is 3.15. The monoisotopic (exact) mass is 259 g/mol. The van der Waals surface area contributed by atoms with Gasteiger partial charge in [0.1, 0.15) is 0 Å². The summed E-state index contributed by atoms with van der Waals surface area (Å²) in [6, 6.07) is 9.82. The van der Waals surface area contributed by atoms with Crippen LogP contribution in [0.5, 0.6) is 0 Å². The lowest BCUT2D eigenvalue weighted by atomic mass is 10.1. The number of carbonyl (C=O) groups is 1. The fraction of sp³-hybridized carbons (Fsp3) is 0.286. The van der Waals surface area contributed by atoms with E-state index in [1.54, 1.807) is 11.6 Å². The molecule has 2 aromatic rings. The standard InChI is InChI=1S/C14H14FN3O/c1-9-11(15)12(13(16)19)17-18(9)14(7-8-14)10-5-3-2-4-6-10/h2-6H,7-8H2,1H3,(H2,16,19). The van der Waals surface area contributed by atoms with Crippen LogP contribution in [0.3, 0.4) is 0 Å². The fourth-order valence-electron chi connectivity index (χ4n) is 2.55. The third-order valence-corrected chi connectivity index (χ3v) is 3.72. The van der Waals surface area contributed by atoms with Crippen molar-refractivity contribution in [1.82, 2.24) is 9.78 Å². The molecule has 98 valence electrons. The Labute approximate surface area is 110 Å². The molecule has 4 nitrogen and oxygen atoms in total. The van der Waals surface area contributed by atoms with Crippen molar-refractivity contribution >= 4 is 5.91 Å². The summed E-state index contributed by atoms with van der Waals surface area (Å²) < 4.78 is 15.6. The highest BCUT2D eigenvalue weighted by Crippen LogP contribution is 2.49. The van der Waals surface area contributed by atoms with Crippen LogP contribution >= 0.6 is 0 Å². The largest absolute Gasteiger partial charge is 0.364 e. The maximum absolute atomic E-state index is 14.0. The molecule has 1 aliphatic rings. The van der Waals surface area contributed by atoms with E-state index in [0.717, 1.165) is 18.4 Å². The first-order valence-corrected chi connectivity index (χ1v) is 6.17. The van der Waals surface area contributed by atoms with Crippen LogP contribution in [0.2, 0.25) is 0 Å². The molecule has 0 bridgehead atoms. The second kappa shape index (κ2) is 3.91. The van der Waals surface area contributed by atoms with Crippen LogP contribution in [0.4, 0.5) is 4.39 Å². The third-order valence-electron chi connectivity index (χ3n) is 3.72. The lowest BCUT2D eigenvalue weighted by Crippen LogP contribution is -2.22. The third kappa shape index (κ3) is 1.65. The van der Waals surface area contributed by atoms with E-state index in [1.165, 1.54) is 0 Å². The molecule has 3 rings (SSSR count). The molecule has 0 radical (unpaired) electrons. The maximum Gasteiger partial charge on any atom is 0.272 e. The second-order valence-electron chi connectivity index (χ2n) is 4.92. The molecule has 19 heavy (non-hydrogen) atoms. The first-order valence-electron chi connectivity index (χ1n) is 6.17. The minimum absolute atomic E-state index is 0.278. The van der Waals surface area contributed by atoms with Crippen molar-refractivity contribution in [3.05, 3.63) is 53.1 Å². The molecule has 1 aromatic heterocycles. The zero-order chi connectivity index (χ0) is 13.6. The highest BCUT2D eigenvalue weighted by Gasteiger charge is 2.48. The number of hydrogen-bond donors (Lipinski definition) is 1. The van der Waals surface area contributed by atoms with E-state index in [4.69, 9.17) is 5.73 Å². The fourth-order valence-corrected chi connectivity index (χ4v) is 2.55. The average molecular weight is 259 g/mol. The highest BCUT2D eigenvalue weighted by molar-refractivity contribution is 5.91. The van der Waals surface area contributed by atoms with Gasteiger partial charge in [0.15, 0.2) is 11.5 Å². The molecule has 0 unspecified atom stereocenters. The van der Waals surface area contributed by atoms with Gasteiger partial charge in [-0.2, -0.15) is 5.10 Å². The molecule has 0 atom stereocenters. The van der Waals surface area contributed by atoms with Crippen LogP contribution < -0.4 is 5.73 Å². The van der Waals surface area contributed by atoms with E-state index >= 15 is 0 Å². The quantitative estimate of drug-likeness (QED) is 0.916. The van der Waals surface area contributed by atoms with Gasteiger partial charge in [0.2, 0.25) is 0 Å². The summed E-state index contributed by atoms with van der Waals surface area (Å²) >= 11 is 0. The topological polar surface area (TPSA) is 60.9 Å². The van der Waals surface area contributed by atoms with Crippen molar-refractivity contribution in [3.8, 4) is 0 Å². The maximum atomic E-state index is 14.0. The number of nitrogens with zero attached hydrogens (tertiary/aromatic N) is 2. The molecule has 1 saturated carbocycles. The summed E-state index contributed by atoms with van der Waals surface area (Å²) in [6.45, 7) is 1.62. The first-order chi connectivity index (χ1) is 9.06. The van der Waals surface area contributed by atoms with Gasteiger partial charge >= 0.3 is 0 Å². The summed E-state index contributed by atoms with van der Waals surface area (Å²) in [4.78, 5) is 11.2. The molecule has 1 fully saturated rings. The van der Waals surface area contributed by atoms with Gasteiger partial charge in [0.25, 0.3) is 5.91 Å². The van der Waals surface area contributed by atoms with E-state index in [0.29, 0.717) is 5.69 Å². The Bertz CT molecular complexity index is 644. The zero-order valence-electron chi connectivity index (χ0n) is 10.6. The second-order valence-corrected chi connectivity index (χ2v) is 4.92. The molecular weight excluding hydrogens is 245 g/mol. The number of aromatic nitrogens is 2. The van der Waals surface area contributed by atoms with E-state index in [2.05, 4.69) is 5.10 Å². The van der Waals surface area contributed by atoms with Crippen molar-refractivity contribution in [2.45, 2.75) is 25.3 Å². The minimum Gasteiger partial charge on any atom is -0.364 e. The number of halogens is 1. The smallest absolute Gasteiger partial charge is 0.272 e.